The lowest BCUT2D eigenvalue weighted by atomic mass is 10.1. The molecule has 1 aromatic rings. The van der Waals surface area contributed by atoms with E-state index >= 15 is 0 Å². The number of unbranched alkanes of at least 4 members (excludes halogenated alkanes) is 6. The number of alkyl halides is 1. The molecule has 2 N–H and O–H groups in total. The highest BCUT2D eigenvalue weighted by atomic mass is 32.2. The van der Waals surface area contributed by atoms with E-state index < -0.39 is 23.4 Å². The van der Waals surface area contributed by atoms with E-state index in [1.54, 1.807) is 18.2 Å². The Morgan fingerprint density at radius 3 is 2.38 bits per heavy atom. The number of nitrogens with one attached hydrogen (secondary N) is 1. The van der Waals surface area contributed by atoms with E-state index in [0.29, 0.717) is 29.8 Å². The summed E-state index contributed by atoms with van der Waals surface area (Å²) in [6.45, 7) is 1.54. The number of carboxylic acids is 1. The number of benzene rings is 1. The lowest BCUT2D eigenvalue weighted by Gasteiger charge is -2.12. The molecule has 5 nitrogen and oxygen atoms in total. The number of carboxylic acid groups (broad SMARTS) is 1. The number of thioether (sulfide) groups is 1. The normalized spacial score (nSPS) is 11.9. The number of halogens is 1. The van der Waals surface area contributed by atoms with Crippen LogP contribution in [0.3, 0.4) is 0 Å². The predicted molar refractivity (Wildman–Crippen MR) is 133 cm³/mol. The van der Waals surface area contributed by atoms with Crippen LogP contribution in [0.1, 0.15) is 83.1 Å². The fourth-order valence-electron chi connectivity index (χ4n) is 3.15. The van der Waals surface area contributed by atoms with Crippen molar-refractivity contribution in [1.29, 1.82) is 0 Å². The van der Waals surface area contributed by atoms with Crippen LogP contribution < -0.4 is 5.32 Å². The molecule has 0 fully saturated rings. The summed E-state index contributed by atoms with van der Waals surface area (Å²) in [5.74, 6) is 1.33. The molecule has 1 unspecified atom stereocenters. The molecular formula is C24H38FNO4S2. The zero-order valence-corrected chi connectivity index (χ0v) is 20.8. The third-order valence-electron chi connectivity index (χ3n) is 5.02. The van der Waals surface area contributed by atoms with Crippen molar-refractivity contribution in [2.24, 2.45) is 0 Å². The number of hydrogen-bond donors (Lipinski definition) is 2. The standard InChI is InChI=1S/C24H38FNO4S2/c1-2-3-16-32(30)17-9-7-5-4-6-8-11-23(27)26-21-14-13-20(19-25)18-22(21)31-15-10-12-24(28)29/h13-14,18H,2-12,15-17,19H2,1H3,(H,26,27)(H,28,29). The van der Waals surface area contributed by atoms with E-state index in [1.165, 1.54) is 11.8 Å². The minimum Gasteiger partial charge on any atom is -0.481 e. The second-order valence-corrected chi connectivity index (χ2v) is 10.8. The van der Waals surface area contributed by atoms with Crippen LogP contribution >= 0.6 is 11.8 Å². The van der Waals surface area contributed by atoms with Gasteiger partial charge in [-0.05, 0) is 49.1 Å². The van der Waals surface area contributed by atoms with Crippen LogP contribution in [0.5, 0.6) is 0 Å². The fraction of sp³-hybridized carbons (Fsp3) is 0.667. The molecule has 1 atom stereocenters. The number of amides is 1. The maximum atomic E-state index is 13.0. The first-order chi connectivity index (χ1) is 15.5. The third kappa shape index (κ3) is 13.9. The highest BCUT2D eigenvalue weighted by molar-refractivity contribution is 7.99. The molecule has 1 amide bonds. The third-order valence-corrected chi connectivity index (χ3v) is 7.65. The van der Waals surface area contributed by atoms with Gasteiger partial charge in [0.1, 0.15) is 6.67 Å². The maximum Gasteiger partial charge on any atom is 0.303 e. The van der Waals surface area contributed by atoms with Crippen molar-refractivity contribution in [3.63, 3.8) is 0 Å². The van der Waals surface area contributed by atoms with Crippen molar-refractivity contribution in [2.45, 2.75) is 89.1 Å². The van der Waals surface area contributed by atoms with Crippen LogP contribution in [-0.4, -0.2) is 38.5 Å². The average Bonchev–Trinajstić information content (AvgIpc) is 2.77. The van der Waals surface area contributed by atoms with Crippen LogP contribution in [0, 0.1) is 0 Å². The molecule has 8 heteroatoms. The number of rotatable bonds is 19. The lowest BCUT2D eigenvalue weighted by Crippen LogP contribution is -2.12. The van der Waals surface area contributed by atoms with Gasteiger partial charge in [-0.3, -0.25) is 13.8 Å². The zero-order valence-electron chi connectivity index (χ0n) is 19.2. The Labute approximate surface area is 198 Å². The van der Waals surface area contributed by atoms with Crippen molar-refractivity contribution in [3.8, 4) is 0 Å². The summed E-state index contributed by atoms with van der Waals surface area (Å²) >= 11 is 1.44. The first-order valence-corrected chi connectivity index (χ1v) is 14.1. The van der Waals surface area contributed by atoms with Gasteiger partial charge in [-0.15, -0.1) is 11.8 Å². The minimum atomic E-state index is -0.835. The van der Waals surface area contributed by atoms with Crippen LogP contribution in [0.25, 0.3) is 0 Å². The Kier molecular flexibility index (Phi) is 16.2. The largest absolute Gasteiger partial charge is 0.481 e. The number of hydrogen-bond acceptors (Lipinski definition) is 4. The summed E-state index contributed by atoms with van der Waals surface area (Å²) in [6.07, 6.45) is 9.27. The molecule has 0 aliphatic rings. The molecule has 0 bridgehead atoms. The van der Waals surface area contributed by atoms with E-state index in [1.807, 2.05) is 0 Å². The summed E-state index contributed by atoms with van der Waals surface area (Å²) in [5, 5.41) is 11.7. The zero-order chi connectivity index (χ0) is 23.6. The summed E-state index contributed by atoms with van der Waals surface area (Å²) in [6, 6.07) is 5.10. The smallest absolute Gasteiger partial charge is 0.303 e. The topological polar surface area (TPSA) is 83.5 Å². The van der Waals surface area contributed by atoms with Gasteiger partial charge < -0.3 is 10.4 Å². The molecule has 0 aromatic heterocycles. The van der Waals surface area contributed by atoms with Gasteiger partial charge in [-0.25, -0.2) is 4.39 Å². The van der Waals surface area contributed by atoms with Gasteiger partial charge >= 0.3 is 5.97 Å². The fourth-order valence-corrected chi connectivity index (χ4v) is 5.51. The molecule has 182 valence electrons. The van der Waals surface area contributed by atoms with E-state index in [2.05, 4.69) is 12.2 Å². The van der Waals surface area contributed by atoms with Gasteiger partial charge in [0.05, 0.1) is 5.69 Å². The van der Waals surface area contributed by atoms with Gasteiger partial charge in [0.25, 0.3) is 0 Å². The summed E-state index contributed by atoms with van der Waals surface area (Å²) in [4.78, 5) is 23.8. The van der Waals surface area contributed by atoms with Gasteiger partial charge in [0, 0.05) is 40.0 Å². The SMILES string of the molecule is CCCCS(=O)CCCCCCCCC(=O)Nc1ccc(CF)cc1SCCCC(=O)O. The summed E-state index contributed by atoms with van der Waals surface area (Å²) in [5.41, 5.74) is 1.20. The van der Waals surface area contributed by atoms with Gasteiger partial charge in [0.15, 0.2) is 0 Å². The first kappa shape index (κ1) is 28.6. The number of carbonyl (C=O) groups is 2. The molecule has 1 rings (SSSR count). The number of anilines is 1. The molecular weight excluding hydrogens is 449 g/mol. The van der Waals surface area contributed by atoms with Gasteiger partial charge in [-0.1, -0.05) is 45.1 Å². The lowest BCUT2D eigenvalue weighted by molar-refractivity contribution is -0.137. The van der Waals surface area contributed by atoms with Crippen molar-refractivity contribution >= 4 is 40.1 Å². The number of carbonyl (C=O) groups excluding carboxylic acids is 1. The van der Waals surface area contributed by atoms with E-state index in [9.17, 15) is 18.2 Å². The Hall–Kier alpha value is -1.41. The van der Waals surface area contributed by atoms with Gasteiger partial charge in [-0.2, -0.15) is 0 Å². The average molecular weight is 488 g/mol. The molecule has 0 saturated carbocycles. The van der Waals surface area contributed by atoms with Crippen molar-refractivity contribution < 1.29 is 23.3 Å². The molecule has 0 aliphatic carbocycles. The monoisotopic (exact) mass is 487 g/mol. The molecule has 0 aliphatic heterocycles. The van der Waals surface area contributed by atoms with Crippen molar-refractivity contribution in [1.82, 2.24) is 0 Å². The minimum absolute atomic E-state index is 0.0586. The highest BCUT2D eigenvalue weighted by Gasteiger charge is 2.10. The van der Waals surface area contributed by atoms with E-state index in [0.717, 1.165) is 67.8 Å². The van der Waals surface area contributed by atoms with Crippen LogP contribution in [0.15, 0.2) is 23.1 Å². The second kappa shape index (κ2) is 18.1. The molecule has 0 radical (unpaired) electrons. The quantitative estimate of drug-likeness (QED) is 0.176. The second-order valence-electron chi connectivity index (χ2n) is 7.93. The Bertz CT molecular complexity index is 715. The van der Waals surface area contributed by atoms with Crippen molar-refractivity contribution in [2.75, 3.05) is 22.6 Å². The van der Waals surface area contributed by atoms with E-state index in [4.69, 9.17) is 5.11 Å². The summed E-state index contributed by atoms with van der Waals surface area (Å²) in [7, 11) is -0.665. The number of aliphatic carboxylic acids is 1. The maximum absolute atomic E-state index is 13.0. The molecule has 0 spiro atoms. The predicted octanol–water partition coefficient (Wildman–Crippen LogP) is 6.33. The van der Waals surface area contributed by atoms with Gasteiger partial charge in [0.2, 0.25) is 5.91 Å². The van der Waals surface area contributed by atoms with Crippen molar-refractivity contribution in [3.05, 3.63) is 23.8 Å². The Morgan fingerprint density at radius 2 is 1.69 bits per heavy atom. The molecule has 0 saturated heterocycles. The van der Waals surface area contributed by atoms with Crippen LogP contribution in [-0.2, 0) is 27.1 Å². The molecule has 1 aromatic carbocycles. The van der Waals surface area contributed by atoms with Crippen LogP contribution in [0.2, 0.25) is 0 Å². The van der Waals surface area contributed by atoms with Crippen LogP contribution in [0.4, 0.5) is 10.1 Å². The van der Waals surface area contributed by atoms with E-state index in [-0.39, 0.29) is 12.3 Å². The Balaban J connectivity index is 2.27. The molecule has 0 heterocycles. The Morgan fingerprint density at radius 1 is 1.00 bits per heavy atom. The molecule has 32 heavy (non-hydrogen) atoms. The highest BCUT2D eigenvalue weighted by Crippen LogP contribution is 2.30. The first-order valence-electron chi connectivity index (χ1n) is 11.6. The summed E-state index contributed by atoms with van der Waals surface area (Å²) < 4.78 is 24.8.